The summed E-state index contributed by atoms with van der Waals surface area (Å²) in [6.45, 7) is 6.28. The third-order valence-corrected chi connectivity index (χ3v) is 2.98. The van der Waals surface area contributed by atoms with Gasteiger partial charge in [0.15, 0.2) is 0 Å². The van der Waals surface area contributed by atoms with Crippen LogP contribution in [0.4, 0.5) is 0 Å². The number of nitrogens with one attached hydrogen (secondary N) is 2. The van der Waals surface area contributed by atoms with E-state index in [1.54, 1.807) is 0 Å². The first-order valence-corrected chi connectivity index (χ1v) is 6.66. The number of carbonyl (C=O) groups excluding carboxylic acids is 2. The van der Waals surface area contributed by atoms with Crippen molar-refractivity contribution in [3.8, 4) is 0 Å². The highest BCUT2D eigenvalue weighted by atomic mass is 16.5. The number of amides is 2. The van der Waals surface area contributed by atoms with E-state index in [2.05, 4.69) is 15.6 Å². The number of morpholine rings is 1. The summed E-state index contributed by atoms with van der Waals surface area (Å²) in [6.07, 6.45) is 1.04. The maximum absolute atomic E-state index is 12.0. The molecule has 1 saturated heterocycles. The minimum Gasteiger partial charge on any atom is -0.378 e. The van der Waals surface area contributed by atoms with Crippen molar-refractivity contribution in [2.45, 2.75) is 38.8 Å². The molecule has 0 saturated carbocycles. The van der Waals surface area contributed by atoms with E-state index in [0.717, 1.165) is 0 Å². The van der Waals surface area contributed by atoms with E-state index in [1.165, 1.54) is 0 Å². The highest BCUT2D eigenvalue weighted by Crippen LogP contribution is 2.09. The van der Waals surface area contributed by atoms with E-state index >= 15 is 0 Å². The van der Waals surface area contributed by atoms with Crippen LogP contribution in [0.1, 0.15) is 26.7 Å². The molecule has 0 aromatic rings. The first-order valence-electron chi connectivity index (χ1n) is 6.66. The minimum absolute atomic E-state index is 0.0158. The fourth-order valence-corrected chi connectivity index (χ4v) is 2.04. The second-order valence-electron chi connectivity index (χ2n) is 4.96. The molecule has 1 aliphatic heterocycles. The lowest BCUT2D eigenvalue weighted by Crippen LogP contribution is -2.55. The molecule has 1 fully saturated rings. The van der Waals surface area contributed by atoms with Gasteiger partial charge in [-0.05, 0) is 26.8 Å². The van der Waals surface area contributed by atoms with Crippen LogP contribution in [0.3, 0.4) is 0 Å². The maximum Gasteiger partial charge on any atom is 0.239 e. The number of carbonyl (C=O) groups is 2. The molecule has 110 valence electrons. The second kappa shape index (κ2) is 8.08. The van der Waals surface area contributed by atoms with E-state index in [9.17, 15) is 9.59 Å². The number of hydrazine groups is 1. The predicted octanol–water partition coefficient (Wildman–Crippen LogP) is -1.02. The normalized spacial score (nSPS) is 20.3. The summed E-state index contributed by atoms with van der Waals surface area (Å²) in [6, 6.07) is -0.156. The SMILES string of the molecule is CC(C)NC(=O)C1COCCN1CCCC(=O)NN. The van der Waals surface area contributed by atoms with Crippen molar-refractivity contribution in [2.75, 3.05) is 26.3 Å². The molecule has 1 aliphatic rings. The van der Waals surface area contributed by atoms with Gasteiger partial charge in [-0.1, -0.05) is 0 Å². The topological polar surface area (TPSA) is 96.7 Å². The van der Waals surface area contributed by atoms with Crippen LogP contribution in [0.25, 0.3) is 0 Å². The summed E-state index contributed by atoms with van der Waals surface area (Å²) < 4.78 is 5.36. The standard InChI is InChI=1S/C12H24N4O3/c1-9(2)14-12(18)10-8-19-7-6-16(10)5-3-4-11(17)15-13/h9-10H,3-8,13H2,1-2H3,(H,14,18)(H,15,17). The van der Waals surface area contributed by atoms with E-state index in [0.29, 0.717) is 39.1 Å². The Balaban J connectivity index is 2.43. The fraction of sp³-hybridized carbons (Fsp3) is 0.833. The van der Waals surface area contributed by atoms with Crippen LogP contribution in [0.2, 0.25) is 0 Å². The average molecular weight is 272 g/mol. The number of hydrogen-bond acceptors (Lipinski definition) is 5. The molecule has 4 N–H and O–H groups in total. The Morgan fingerprint density at radius 1 is 1.47 bits per heavy atom. The maximum atomic E-state index is 12.0. The van der Waals surface area contributed by atoms with Gasteiger partial charge in [0.25, 0.3) is 0 Å². The monoisotopic (exact) mass is 272 g/mol. The van der Waals surface area contributed by atoms with Gasteiger partial charge >= 0.3 is 0 Å². The lowest BCUT2D eigenvalue weighted by molar-refractivity contribution is -0.133. The average Bonchev–Trinajstić information content (AvgIpc) is 2.38. The number of rotatable bonds is 6. The second-order valence-corrected chi connectivity index (χ2v) is 4.96. The molecule has 7 nitrogen and oxygen atoms in total. The van der Waals surface area contributed by atoms with Crippen molar-refractivity contribution in [2.24, 2.45) is 5.84 Å². The van der Waals surface area contributed by atoms with Crippen molar-refractivity contribution < 1.29 is 14.3 Å². The van der Waals surface area contributed by atoms with Crippen LogP contribution >= 0.6 is 0 Å². The summed E-state index contributed by atoms with van der Waals surface area (Å²) >= 11 is 0. The molecule has 2 amide bonds. The van der Waals surface area contributed by atoms with Gasteiger partial charge < -0.3 is 10.1 Å². The molecule has 0 bridgehead atoms. The Hall–Kier alpha value is -1.18. The largest absolute Gasteiger partial charge is 0.378 e. The summed E-state index contributed by atoms with van der Waals surface area (Å²) in [7, 11) is 0. The number of nitrogens with zero attached hydrogens (tertiary/aromatic N) is 1. The molecule has 1 atom stereocenters. The first kappa shape index (κ1) is 15.9. The zero-order valence-electron chi connectivity index (χ0n) is 11.6. The van der Waals surface area contributed by atoms with E-state index in [1.807, 2.05) is 13.8 Å². The fourth-order valence-electron chi connectivity index (χ4n) is 2.04. The van der Waals surface area contributed by atoms with Crippen molar-refractivity contribution in [3.05, 3.63) is 0 Å². The Bertz CT molecular complexity index is 309. The van der Waals surface area contributed by atoms with Crippen molar-refractivity contribution in [1.82, 2.24) is 15.6 Å². The van der Waals surface area contributed by atoms with Gasteiger partial charge in [0, 0.05) is 19.0 Å². The number of ether oxygens (including phenoxy) is 1. The molecule has 7 heteroatoms. The van der Waals surface area contributed by atoms with Crippen molar-refractivity contribution in [3.63, 3.8) is 0 Å². The van der Waals surface area contributed by atoms with Crippen molar-refractivity contribution >= 4 is 11.8 Å². The van der Waals surface area contributed by atoms with Crippen LogP contribution in [0.5, 0.6) is 0 Å². The predicted molar refractivity (Wildman–Crippen MR) is 71.0 cm³/mol. The summed E-state index contributed by atoms with van der Waals surface area (Å²) in [4.78, 5) is 25.2. The summed E-state index contributed by atoms with van der Waals surface area (Å²) in [5.41, 5.74) is 2.10. The molecular weight excluding hydrogens is 248 g/mol. The van der Waals surface area contributed by atoms with Crippen LogP contribution < -0.4 is 16.6 Å². The minimum atomic E-state index is -0.267. The van der Waals surface area contributed by atoms with Gasteiger partial charge in [0.1, 0.15) is 6.04 Å². The van der Waals surface area contributed by atoms with E-state index in [-0.39, 0.29) is 23.9 Å². The van der Waals surface area contributed by atoms with Gasteiger partial charge in [0.2, 0.25) is 11.8 Å². The van der Waals surface area contributed by atoms with Gasteiger partial charge in [-0.3, -0.25) is 19.9 Å². The summed E-state index contributed by atoms with van der Waals surface area (Å²) in [5.74, 6) is 4.82. The van der Waals surface area contributed by atoms with E-state index in [4.69, 9.17) is 10.6 Å². The molecule has 1 unspecified atom stereocenters. The van der Waals surface area contributed by atoms with Gasteiger partial charge in [-0.15, -0.1) is 0 Å². The lowest BCUT2D eigenvalue weighted by Gasteiger charge is -2.34. The molecule has 1 rings (SSSR count). The number of nitrogens with two attached hydrogens (primary N) is 1. The Morgan fingerprint density at radius 2 is 2.21 bits per heavy atom. The van der Waals surface area contributed by atoms with Gasteiger partial charge in [-0.2, -0.15) is 0 Å². The van der Waals surface area contributed by atoms with E-state index < -0.39 is 0 Å². The molecule has 0 aromatic heterocycles. The zero-order valence-corrected chi connectivity index (χ0v) is 11.6. The van der Waals surface area contributed by atoms with Crippen LogP contribution in [0, 0.1) is 0 Å². The van der Waals surface area contributed by atoms with Crippen LogP contribution in [-0.4, -0.2) is 55.1 Å². The van der Waals surface area contributed by atoms with Crippen molar-refractivity contribution in [1.29, 1.82) is 0 Å². The molecule has 0 radical (unpaired) electrons. The molecule has 0 aromatic carbocycles. The quantitative estimate of drug-likeness (QED) is 0.327. The Labute approximate surface area is 113 Å². The van der Waals surface area contributed by atoms with Crippen LogP contribution in [0.15, 0.2) is 0 Å². The zero-order chi connectivity index (χ0) is 14.3. The summed E-state index contributed by atoms with van der Waals surface area (Å²) in [5, 5.41) is 2.89. The first-order chi connectivity index (χ1) is 9.04. The number of hydrogen-bond donors (Lipinski definition) is 3. The Kier molecular flexibility index (Phi) is 6.75. The molecule has 1 heterocycles. The molecule has 19 heavy (non-hydrogen) atoms. The van der Waals surface area contributed by atoms with Gasteiger partial charge in [-0.25, -0.2) is 5.84 Å². The highest BCUT2D eigenvalue weighted by molar-refractivity contribution is 5.82. The molecular formula is C12H24N4O3. The highest BCUT2D eigenvalue weighted by Gasteiger charge is 2.29. The lowest BCUT2D eigenvalue weighted by atomic mass is 10.1. The third-order valence-electron chi connectivity index (χ3n) is 2.98. The molecule has 0 aliphatic carbocycles. The smallest absolute Gasteiger partial charge is 0.239 e. The van der Waals surface area contributed by atoms with Gasteiger partial charge in [0.05, 0.1) is 13.2 Å². The molecule has 0 spiro atoms. The third kappa shape index (κ3) is 5.54. The van der Waals surface area contributed by atoms with Crippen LogP contribution in [-0.2, 0) is 14.3 Å². The Morgan fingerprint density at radius 3 is 2.84 bits per heavy atom.